The second-order valence-corrected chi connectivity index (χ2v) is 6.70. The van der Waals surface area contributed by atoms with Crippen molar-refractivity contribution in [3.8, 4) is 11.1 Å². The predicted molar refractivity (Wildman–Crippen MR) is 98.3 cm³/mol. The highest BCUT2D eigenvalue weighted by molar-refractivity contribution is 5.90. The lowest BCUT2D eigenvalue weighted by molar-refractivity contribution is 0.0689. The summed E-state index contributed by atoms with van der Waals surface area (Å²) in [6, 6.07) is 8.13. The van der Waals surface area contributed by atoms with E-state index in [0.29, 0.717) is 12.1 Å². The molecule has 0 saturated carbocycles. The molecule has 2 heterocycles. The molecule has 0 aliphatic heterocycles. The molecule has 0 fully saturated rings. The van der Waals surface area contributed by atoms with Crippen LogP contribution in [0.2, 0.25) is 0 Å². The number of carboxylic acids is 1. The van der Waals surface area contributed by atoms with E-state index in [1.54, 1.807) is 0 Å². The fourth-order valence-corrected chi connectivity index (χ4v) is 3.47. The van der Waals surface area contributed by atoms with Crippen molar-refractivity contribution < 1.29 is 9.90 Å². The third kappa shape index (κ3) is 2.80. The van der Waals surface area contributed by atoms with Crippen molar-refractivity contribution in [1.82, 2.24) is 14.6 Å². The number of carboxylic acid groups (broad SMARTS) is 1. The molecule has 0 atom stereocenters. The van der Waals surface area contributed by atoms with Gasteiger partial charge in [0.15, 0.2) is 11.3 Å². The zero-order chi connectivity index (χ0) is 18.3. The SMILES string of the molecule is CCc1c(C(=O)O)nc2c(-c3cccc(C)c3)c(C)nn2c1C(C)C. The van der Waals surface area contributed by atoms with Gasteiger partial charge in [0.05, 0.1) is 11.4 Å². The molecule has 1 aromatic carbocycles. The number of aryl methyl sites for hydroxylation is 2. The zero-order valence-corrected chi connectivity index (χ0v) is 15.3. The van der Waals surface area contributed by atoms with Crippen LogP contribution in [0.1, 0.15) is 59.7 Å². The molecule has 0 spiro atoms. The highest BCUT2D eigenvalue weighted by Gasteiger charge is 2.24. The van der Waals surface area contributed by atoms with Crippen molar-refractivity contribution in [2.75, 3.05) is 0 Å². The topological polar surface area (TPSA) is 67.5 Å². The number of fused-ring (bicyclic) bond motifs is 1. The van der Waals surface area contributed by atoms with Gasteiger partial charge >= 0.3 is 5.97 Å². The number of aromatic carboxylic acids is 1. The Labute approximate surface area is 147 Å². The van der Waals surface area contributed by atoms with Crippen LogP contribution in [0.15, 0.2) is 24.3 Å². The Morgan fingerprint density at radius 3 is 2.56 bits per heavy atom. The fraction of sp³-hybridized carbons (Fsp3) is 0.350. The van der Waals surface area contributed by atoms with E-state index < -0.39 is 5.97 Å². The summed E-state index contributed by atoms with van der Waals surface area (Å²) in [5.74, 6) is -0.849. The van der Waals surface area contributed by atoms with Crippen LogP contribution in [0.3, 0.4) is 0 Å². The van der Waals surface area contributed by atoms with Crippen LogP contribution in [0.5, 0.6) is 0 Å². The summed E-state index contributed by atoms with van der Waals surface area (Å²) in [4.78, 5) is 16.3. The Morgan fingerprint density at radius 2 is 2.00 bits per heavy atom. The van der Waals surface area contributed by atoms with Crippen molar-refractivity contribution in [3.05, 3.63) is 52.5 Å². The van der Waals surface area contributed by atoms with E-state index in [2.05, 4.69) is 24.9 Å². The van der Waals surface area contributed by atoms with Gasteiger partial charge in [-0.15, -0.1) is 0 Å². The lowest BCUT2D eigenvalue weighted by Gasteiger charge is -2.16. The van der Waals surface area contributed by atoms with E-state index in [0.717, 1.165) is 33.6 Å². The quantitative estimate of drug-likeness (QED) is 0.766. The lowest BCUT2D eigenvalue weighted by Crippen LogP contribution is -2.15. The van der Waals surface area contributed by atoms with Crippen molar-refractivity contribution in [2.45, 2.75) is 47.0 Å². The lowest BCUT2D eigenvalue weighted by atomic mass is 9.99. The Balaban J connectivity index is 2.46. The van der Waals surface area contributed by atoms with Gasteiger partial charge in [-0.3, -0.25) is 0 Å². The molecule has 25 heavy (non-hydrogen) atoms. The Hall–Kier alpha value is -2.69. The zero-order valence-electron chi connectivity index (χ0n) is 15.3. The summed E-state index contributed by atoms with van der Waals surface area (Å²) in [7, 11) is 0. The Bertz CT molecular complexity index is 971. The molecule has 2 aromatic heterocycles. The van der Waals surface area contributed by atoms with Gasteiger partial charge < -0.3 is 5.11 Å². The summed E-state index contributed by atoms with van der Waals surface area (Å²) in [6.07, 6.45) is 0.608. The second kappa shape index (κ2) is 6.31. The highest BCUT2D eigenvalue weighted by atomic mass is 16.4. The van der Waals surface area contributed by atoms with Crippen molar-refractivity contribution >= 4 is 11.6 Å². The van der Waals surface area contributed by atoms with E-state index >= 15 is 0 Å². The summed E-state index contributed by atoms with van der Waals surface area (Å²) in [5.41, 5.74) is 6.33. The average Bonchev–Trinajstić information content (AvgIpc) is 2.87. The van der Waals surface area contributed by atoms with Gasteiger partial charge in [-0.2, -0.15) is 5.10 Å². The van der Waals surface area contributed by atoms with Gasteiger partial charge in [0.25, 0.3) is 0 Å². The van der Waals surface area contributed by atoms with Crippen LogP contribution in [0.25, 0.3) is 16.8 Å². The first kappa shape index (κ1) is 17.1. The standard InChI is InChI=1S/C20H23N3O2/c1-6-15-17(20(24)25)21-19-16(14-9-7-8-12(4)10-14)13(5)22-23(19)18(15)11(2)3/h7-11H,6H2,1-5H3,(H,24,25). The molecule has 1 N–H and O–H groups in total. The molecule has 0 radical (unpaired) electrons. The summed E-state index contributed by atoms with van der Waals surface area (Å²) >= 11 is 0. The first-order valence-corrected chi connectivity index (χ1v) is 8.57. The van der Waals surface area contributed by atoms with Crippen molar-refractivity contribution in [1.29, 1.82) is 0 Å². The Morgan fingerprint density at radius 1 is 1.28 bits per heavy atom. The smallest absolute Gasteiger partial charge is 0.354 e. The van der Waals surface area contributed by atoms with Gasteiger partial charge in [-0.1, -0.05) is 50.6 Å². The van der Waals surface area contributed by atoms with Gasteiger partial charge in [0, 0.05) is 11.1 Å². The summed E-state index contributed by atoms with van der Waals surface area (Å²) < 4.78 is 1.84. The number of aromatic nitrogens is 3. The minimum absolute atomic E-state index is 0.132. The summed E-state index contributed by atoms with van der Waals surface area (Å²) in [6.45, 7) is 10.1. The highest BCUT2D eigenvalue weighted by Crippen LogP contribution is 2.32. The largest absolute Gasteiger partial charge is 0.476 e. The molecule has 5 nitrogen and oxygen atoms in total. The van der Waals surface area contributed by atoms with Crippen LogP contribution in [-0.4, -0.2) is 25.7 Å². The average molecular weight is 337 g/mol. The van der Waals surface area contributed by atoms with E-state index in [-0.39, 0.29) is 11.6 Å². The number of benzene rings is 1. The third-order valence-corrected chi connectivity index (χ3v) is 4.49. The molecule has 0 unspecified atom stereocenters. The molecule has 0 saturated heterocycles. The first-order chi connectivity index (χ1) is 11.8. The predicted octanol–water partition coefficient (Wildman–Crippen LogP) is 4.40. The molecule has 5 heteroatoms. The van der Waals surface area contributed by atoms with Gasteiger partial charge in [-0.05, 0) is 31.7 Å². The maximum Gasteiger partial charge on any atom is 0.354 e. The fourth-order valence-electron chi connectivity index (χ4n) is 3.47. The van der Waals surface area contributed by atoms with Gasteiger partial charge in [0.2, 0.25) is 0 Å². The molecule has 130 valence electrons. The van der Waals surface area contributed by atoms with Crippen LogP contribution >= 0.6 is 0 Å². The van der Waals surface area contributed by atoms with Crippen LogP contribution < -0.4 is 0 Å². The van der Waals surface area contributed by atoms with E-state index in [1.807, 2.05) is 43.5 Å². The van der Waals surface area contributed by atoms with E-state index in [1.165, 1.54) is 0 Å². The molecular formula is C20H23N3O2. The minimum Gasteiger partial charge on any atom is -0.476 e. The van der Waals surface area contributed by atoms with E-state index in [9.17, 15) is 9.90 Å². The molecule has 0 aliphatic carbocycles. The molecule has 0 aliphatic rings. The van der Waals surface area contributed by atoms with Gasteiger partial charge in [-0.25, -0.2) is 14.3 Å². The second-order valence-electron chi connectivity index (χ2n) is 6.70. The van der Waals surface area contributed by atoms with E-state index in [4.69, 9.17) is 5.10 Å². The molecule has 0 amide bonds. The minimum atomic E-state index is -0.990. The maximum atomic E-state index is 11.8. The number of rotatable bonds is 4. The number of nitrogens with zero attached hydrogens (tertiary/aromatic N) is 3. The Kier molecular flexibility index (Phi) is 4.33. The van der Waals surface area contributed by atoms with Gasteiger partial charge in [0.1, 0.15) is 0 Å². The van der Waals surface area contributed by atoms with Crippen LogP contribution in [-0.2, 0) is 6.42 Å². The molecule has 0 bridgehead atoms. The molecule has 3 rings (SSSR count). The number of hydrogen-bond acceptors (Lipinski definition) is 3. The number of carbonyl (C=O) groups is 1. The maximum absolute atomic E-state index is 11.8. The number of hydrogen-bond donors (Lipinski definition) is 1. The third-order valence-electron chi connectivity index (χ3n) is 4.49. The monoisotopic (exact) mass is 337 g/mol. The first-order valence-electron chi connectivity index (χ1n) is 8.57. The normalized spacial score (nSPS) is 11.4. The van der Waals surface area contributed by atoms with Crippen LogP contribution in [0, 0.1) is 13.8 Å². The summed E-state index contributed by atoms with van der Waals surface area (Å²) in [5, 5.41) is 14.4. The molecular weight excluding hydrogens is 314 g/mol. The van der Waals surface area contributed by atoms with Crippen molar-refractivity contribution in [3.63, 3.8) is 0 Å². The van der Waals surface area contributed by atoms with Crippen molar-refractivity contribution in [2.24, 2.45) is 0 Å². The van der Waals surface area contributed by atoms with Crippen LogP contribution in [0.4, 0.5) is 0 Å². The molecule has 3 aromatic rings.